The summed E-state index contributed by atoms with van der Waals surface area (Å²) in [6, 6.07) is 1.75. The fourth-order valence-electron chi connectivity index (χ4n) is 2.26. The summed E-state index contributed by atoms with van der Waals surface area (Å²) in [5, 5.41) is 3.90. The van der Waals surface area contributed by atoms with Crippen LogP contribution in [0.2, 0.25) is 0 Å². The Bertz CT molecular complexity index is 481. The van der Waals surface area contributed by atoms with Crippen LogP contribution in [-0.4, -0.2) is 35.6 Å². The van der Waals surface area contributed by atoms with Crippen molar-refractivity contribution in [2.45, 2.75) is 39.5 Å². The predicted octanol–water partition coefficient (Wildman–Crippen LogP) is 2.20. The second-order valence-electron chi connectivity index (χ2n) is 6.82. The summed E-state index contributed by atoms with van der Waals surface area (Å²) >= 11 is 0. The molecule has 2 N–H and O–H groups in total. The Balaban J connectivity index is 0.00000200. The van der Waals surface area contributed by atoms with Crippen LogP contribution in [0.4, 0.5) is 0 Å². The van der Waals surface area contributed by atoms with Crippen LogP contribution < -0.4 is 5.73 Å². The quantitative estimate of drug-likeness (QED) is 0.909. The van der Waals surface area contributed by atoms with E-state index in [1.54, 1.807) is 6.07 Å². The average molecular weight is 302 g/mol. The van der Waals surface area contributed by atoms with Crippen LogP contribution in [-0.2, 0) is 5.41 Å². The van der Waals surface area contributed by atoms with Crippen LogP contribution >= 0.6 is 12.4 Å². The molecule has 2 rings (SSSR count). The molecule has 5 nitrogen and oxygen atoms in total. The Labute approximate surface area is 126 Å². The van der Waals surface area contributed by atoms with Crippen molar-refractivity contribution in [3.05, 3.63) is 17.5 Å². The largest absolute Gasteiger partial charge is 0.360 e. The second-order valence-corrected chi connectivity index (χ2v) is 6.82. The first-order chi connectivity index (χ1) is 8.75. The Morgan fingerprint density at radius 2 is 2.20 bits per heavy atom. The number of amides is 1. The van der Waals surface area contributed by atoms with Gasteiger partial charge < -0.3 is 15.2 Å². The molecule has 1 aromatic heterocycles. The van der Waals surface area contributed by atoms with Gasteiger partial charge in [0.2, 0.25) is 0 Å². The lowest BCUT2D eigenvalue weighted by Crippen LogP contribution is -2.34. The molecule has 0 radical (unpaired) electrons. The van der Waals surface area contributed by atoms with Crippen molar-refractivity contribution in [1.29, 1.82) is 0 Å². The molecule has 6 heteroatoms. The topological polar surface area (TPSA) is 72.4 Å². The summed E-state index contributed by atoms with van der Waals surface area (Å²) < 4.78 is 5.27. The van der Waals surface area contributed by atoms with E-state index in [1.165, 1.54) is 0 Å². The van der Waals surface area contributed by atoms with Crippen molar-refractivity contribution in [1.82, 2.24) is 10.1 Å². The van der Waals surface area contributed by atoms with Gasteiger partial charge in [0, 0.05) is 24.6 Å². The first-order valence-corrected chi connectivity index (χ1v) is 6.72. The highest BCUT2D eigenvalue weighted by molar-refractivity contribution is 5.92. The van der Waals surface area contributed by atoms with Crippen LogP contribution in [0.25, 0.3) is 0 Å². The highest BCUT2D eigenvalue weighted by Crippen LogP contribution is 2.30. The molecule has 114 valence electrons. The summed E-state index contributed by atoms with van der Waals surface area (Å²) in [7, 11) is 0. The van der Waals surface area contributed by atoms with Crippen LogP contribution in [0.5, 0.6) is 0 Å². The minimum Gasteiger partial charge on any atom is -0.360 e. The van der Waals surface area contributed by atoms with Gasteiger partial charge in [0.05, 0.1) is 0 Å². The summed E-state index contributed by atoms with van der Waals surface area (Å²) in [6.07, 6.45) is 0.944. The molecular formula is C14H24ClN3O2. The fourth-order valence-corrected chi connectivity index (χ4v) is 2.26. The Morgan fingerprint density at radius 1 is 1.55 bits per heavy atom. The summed E-state index contributed by atoms with van der Waals surface area (Å²) in [6.45, 7) is 10.2. The summed E-state index contributed by atoms with van der Waals surface area (Å²) in [5.74, 6) is 0.674. The zero-order valence-electron chi connectivity index (χ0n) is 12.6. The third-order valence-corrected chi connectivity index (χ3v) is 3.81. The van der Waals surface area contributed by atoms with Gasteiger partial charge in [0.1, 0.15) is 5.76 Å². The molecule has 1 unspecified atom stereocenters. The zero-order chi connectivity index (χ0) is 14.3. The number of halogens is 1. The first kappa shape index (κ1) is 17.0. The van der Waals surface area contributed by atoms with E-state index in [1.807, 2.05) is 25.7 Å². The molecule has 2 heterocycles. The highest BCUT2D eigenvalue weighted by Gasteiger charge is 2.36. The van der Waals surface area contributed by atoms with Gasteiger partial charge in [-0.1, -0.05) is 32.9 Å². The number of rotatable bonds is 2. The van der Waals surface area contributed by atoms with Crippen molar-refractivity contribution in [2.24, 2.45) is 11.1 Å². The smallest absolute Gasteiger partial charge is 0.276 e. The van der Waals surface area contributed by atoms with E-state index < -0.39 is 0 Å². The SMILES string of the molecule is CC1(CN)CCN(C(=O)c2cc(C(C)(C)C)on2)C1.Cl. The Hall–Kier alpha value is -1.07. The summed E-state index contributed by atoms with van der Waals surface area (Å²) in [5.41, 5.74) is 6.05. The number of hydrogen-bond acceptors (Lipinski definition) is 4. The van der Waals surface area contributed by atoms with Gasteiger partial charge >= 0.3 is 0 Å². The maximum atomic E-state index is 12.4. The molecule has 1 fully saturated rings. The normalized spacial score (nSPS) is 22.8. The third-order valence-electron chi connectivity index (χ3n) is 3.81. The van der Waals surface area contributed by atoms with Gasteiger partial charge in [-0.2, -0.15) is 0 Å². The standard InChI is InChI=1S/C14H23N3O2.ClH/c1-13(2,3)11-7-10(16-19-11)12(18)17-6-5-14(4,8-15)9-17;/h7H,5-6,8-9,15H2,1-4H3;1H. The highest BCUT2D eigenvalue weighted by atomic mass is 35.5. The van der Waals surface area contributed by atoms with E-state index >= 15 is 0 Å². The number of aromatic nitrogens is 1. The average Bonchev–Trinajstić information content (AvgIpc) is 2.94. The molecule has 1 atom stereocenters. The number of carbonyl (C=O) groups is 1. The van der Waals surface area contributed by atoms with Gasteiger partial charge in [-0.25, -0.2) is 0 Å². The molecular weight excluding hydrogens is 278 g/mol. The van der Waals surface area contributed by atoms with Crippen molar-refractivity contribution in [2.75, 3.05) is 19.6 Å². The van der Waals surface area contributed by atoms with E-state index in [-0.39, 0.29) is 29.1 Å². The lowest BCUT2D eigenvalue weighted by molar-refractivity contribution is 0.0766. The van der Waals surface area contributed by atoms with Crippen molar-refractivity contribution < 1.29 is 9.32 Å². The predicted molar refractivity (Wildman–Crippen MR) is 80.1 cm³/mol. The maximum Gasteiger partial charge on any atom is 0.276 e. The van der Waals surface area contributed by atoms with E-state index in [4.69, 9.17) is 10.3 Å². The Morgan fingerprint density at radius 3 is 2.65 bits per heavy atom. The number of hydrogen-bond donors (Lipinski definition) is 1. The molecule has 1 amide bonds. The number of nitrogens with zero attached hydrogens (tertiary/aromatic N) is 2. The fraction of sp³-hybridized carbons (Fsp3) is 0.714. The van der Waals surface area contributed by atoms with Gasteiger partial charge in [-0.05, 0) is 18.4 Å². The van der Waals surface area contributed by atoms with Gasteiger partial charge in [-0.3, -0.25) is 4.79 Å². The van der Waals surface area contributed by atoms with Gasteiger partial charge in [0.15, 0.2) is 5.69 Å². The molecule has 0 spiro atoms. The maximum absolute atomic E-state index is 12.4. The molecule has 1 saturated heterocycles. The lowest BCUT2D eigenvalue weighted by Gasteiger charge is -2.21. The minimum atomic E-state index is -0.137. The second kappa shape index (κ2) is 5.74. The monoisotopic (exact) mass is 301 g/mol. The van der Waals surface area contributed by atoms with Crippen LogP contribution in [0.15, 0.2) is 10.6 Å². The van der Waals surface area contributed by atoms with E-state index in [0.717, 1.165) is 18.7 Å². The Kier molecular flexibility index (Phi) is 4.87. The van der Waals surface area contributed by atoms with Gasteiger partial charge in [0.25, 0.3) is 5.91 Å². The minimum absolute atomic E-state index is 0. The van der Waals surface area contributed by atoms with Gasteiger partial charge in [-0.15, -0.1) is 12.4 Å². The number of nitrogens with two attached hydrogens (primary N) is 1. The molecule has 1 aliphatic rings. The number of likely N-dealkylation sites (tertiary alicyclic amines) is 1. The van der Waals surface area contributed by atoms with Crippen LogP contribution in [0.3, 0.4) is 0 Å². The van der Waals surface area contributed by atoms with E-state index in [2.05, 4.69) is 12.1 Å². The van der Waals surface area contributed by atoms with Crippen molar-refractivity contribution in [3.63, 3.8) is 0 Å². The summed E-state index contributed by atoms with van der Waals surface area (Å²) in [4.78, 5) is 14.2. The van der Waals surface area contributed by atoms with Crippen molar-refractivity contribution >= 4 is 18.3 Å². The molecule has 0 aliphatic carbocycles. The molecule has 1 aliphatic heterocycles. The lowest BCUT2D eigenvalue weighted by atomic mass is 9.90. The van der Waals surface area contributed by atoms with Crippen LogP contribution in [0.1, 0.15) is 50.4 Å². The zero-order valence-corrected chi connectivity index (χ0v) is 13.4. The van der Waals surface area contributed by atoms with Crippen LogP contribution in [0, 0.1) is 5.41 Å². The molecule has 20 heavy (non-hydrogen) atoms. The molecule has 0 bridgehead atoms. The van der Waals surface area contributed by atoms with E-state index in [9.17, 15) is 4.79 Å². The molecule has 1 aromatic rings. The molecule has 0 aromatic carbocycles. The first-order valence-electron chi connectivity index (χ1n) is 6.72. The number of carbonyl (C=O) groups excluding carboxylic acids is 1. The molecule has 0 saturated carbocycles. The third kappa shape index (κ3) is 3.33. The van der Waals surface area contributed by atoms with E-state index in [0.29, 0.717) is 18.8 Å². The van der Waals surface area contributed by atoms with Crippen molar-refractivity contribution in [3.8, 4) is 0 Å².